The zero-order valence-electron chi connectivity index (χ0n) is 24.4. The van der Waals surface area contributed by atoms with Crippen molar-refractivity contribution in [3.05, 3.63) is 90.1 Å². The minimum atomic E-state index is -0.367. The van der Waals surface area contributed by atoms with Crippen molar-refractivity contribution in [2.75, 3.05) is 40.0 Å². The maximum atomic E-state index is 13.6. The number of rotatable bonds is 10. The Hall–Kier alpha value is -4.04. The number of benzene rings is 3. The lowest BCUT2D eigenvalue weighted by Gasteiger charge is -2.39. The van der Waals surface area contributed by atoms with Crippen LogP contribution in [-0.4, -0.2) is 61.6 Å². The summed E-state index contributed by atoms with van der Waals surface area (Å²) in [5, 5.41) is 0. The van der Waals surface area contributed by atoms with Crippen molar-refractivity contribution in [3.8, 4) is 22.6 Å². The number of hydrogen-bond acceptors (Lipinski definition) is 6. The van der Waals surface area contributed by atoms with E-state index in [1.807, 2.05) is 30.0 Å². The Kier molecular flexibility index (Phi) is 9.02. The molecule has 0 unspecified atom stereocenters. The molecule has 1 spiro atoms. The summed E-state index contributed by atoms with van der Waals surface area (Å²) < 4.78 is 30.4. The van der Waals surface area contributed by atoms with E-state index in [2.05, 4.69) is 17.9 Å². The average Bonchev–Trinajstić information content (AvgIpc) is 3.29. The molecule has 2 aliphatic rings. The minimum Gasteiger partial charge on any atom is -0.493 e. The number of nitrogens with zero attached hydrogens (tertiary/aromatic N) is 2. The van der Waals surface area contributed by atoms with Crippen molar-refractivity contribution in [2.24, 2.45) is 5.41 Å². The third-order valence-electron chi connectivity index (χ3n) is 8.29. The van der Waals surface area contributed by atoms with Crippen LogP contribution in [0.5, 0.6) is 11.5 Å². The predicted octanol–water partition coefficient (Wildman–Crippen LogP) is 5.91. The van der Waals surface area contributed by atoms with Gasteiger partial charge in [-0.15, -0.1) is 0 Å². The fourth-order valence-corrected chi connectivity index (χ4v) is 6.12. The average molecular weight is 574 g/mol. The third kappa shape index (κ3) is 6.54. The summed E-state index contributed by atoms with van der Waals surface area (Å²) in [5.74, 6) is 0.900. The number of ether oxygens (including phenoxy) is 3. The highest BCUT2D eigenvalue weighted by Crippen LogP contribution is 2.43. The Morgan fingerprint density at radius 3 is 2.24 bits per heavy atom. The summed E-state index contributed by atoms with van der Waals surface area (Å²) in [6.07, 6.45) is 2.47. The van der Waals surface area contributed by atoms with Crippen molar-refractivity contribution < 1.29 is 28.2 Å². The zero-order chi connectivity index (χ0) is 29.7. The molecule has 42 heavy (non-hydrogen) atoms. The topological polar surface area (TPSA) is 68.3 Å². The monoisotopic (exact) mass is 573 g/mol. The molecule has 7 nitrogen and oxygen atoms in total. The Morgan fingerprint density at radius 2 is 1.62 bits per heavy atom. The van der Waals surface area contributed by atoms with Crippen molar-refractivity contribution in [3.63, 3.8) is 0 Å². The third-order valence-corrected chi connectivity index (χ3v) is 8.29. The highest BCUT2D eigenvalue weighted by molar-refractivity contribution is 5.89. The van der Waals surface area contributed by atoms with Gasteiger partial charge in [0.1, 0.15) is 24.2 Å². The predicted molar refractivity (Wildman–Crippen MR) is 159 cm³/mol. The number of halogens is 1. The minimum absolute atomic E-state index is 0.00931. The van der Waals surface area contributed by atoms with E-state index in [4.69, 9.17) is 14.2 Å². The Labute approximate surface area is 247 Å². The lowest BCUT2D eigenvalue weighted by Crippen LogP contribution is -2.41. The number of hydrogen-bond donors (Lipinski definition) is 0. The first-order chi connectivity index (χ1) is 20.3. The Bertz CT molecular complexity index is 1370. The van der Waals surface area contributed by atoms with Gasteiger partial charge < -0.3 is 19.1 Å². The first kappa shape index (κ1) is 29.5. The van der Waals surface area contributed by atoms with E-state index in [0.717, 1.165) is 61.3 Å². The molecule has 2 heterocycles. The molecule has 5 rings (SSSR count). The van der Waals surface area contributed by atoms with Crippen LogP contribution in [-0.2, 0) is 22.6 Å². The standard InChI is InChI=1S/C34H38FN2O5/c1-4-41-29-18-25(19-30(42-5-2)32(29)26-10-12-28(35)13-11-26)21-36-16-14-34(15-17-36)20-31(38)37(23-34)22-24-6-8-27(9-7-24)33(39)40-3/h6-13,18-19H,1,4-5,14-17,20-23H2,2-3H3/q+1. The fourth-order valence-electron chi connectivity index (χ4n) is 6.12. The smallest absolute Gasteiger partial charge is 0.337 e. The molecule has 0 aromatic heterocycles. The number of likely N-dealkylation sites (tertiary alicyclic amines) is 2. The van der Waals surface area contributed by atoms with Gasteiger partial charge in [0.2, 0.25) is 12.5 Å². The molecule has 0 atom stereocenters. The van der Waals surface area contributed by atoms with E-state index in [1.54, 1.807) is 24.3 Å². The van der Waals surface area contributed by atoms with Crippen LogP contribution in [0.1, 0.15) is 47.7 Å². The van der Waals surface area contributed by atoms with Crippen molar-refractivity contribution in [1.29, 1.82) is 0 Å². The quantitative estimate of drug-likeness (QED) is 0.222. The second-order valence-electron chi connectivity index (χ2n) is 11.1. The zero-order valence-corrected chi connectivity index (χ0v) is 24.4. The molecular formula is C34H38FN2O5+. The van der Waals surface area contributed by atoms with Gasteiger partial charge in [0.25, 0.3) is 0 Å². The number of carbonyl (C=O) groups is 2. The van der Waals surface area contributed by atoms with E-state index in [0.29, 0.717) is 36.6 Å². The highest BCUT2D eigenvalue weighted by Gasteiger charge is 2.44. The van der Waals surface area contributed by atoms with Gasteiger partial charge >= 0.3 is 5.97 Å². The normalized spacial score (nSPS) is 16.5. The molecule has 1 amide bonds. The number of carbonyl (C=O) groups excluding carboxylic acids is 2. The van der Waals surface area contributed by atoms with Gasteiger partial charge in [-0.1, -0.05) is 24.3 Å². The SMILES string of the molecule is [CH2+]COc1cc(CN2CCC3(CC2)CC(=O)N(Cc2ccc(C(=O)OC)cc2)C3)cc(OCC)c1-c1ccc(F)cc1. The molecule has 0 saturated carbocycles. The van der Waals surface area contributed by atoms with Crippen LogP contribution < -0.4 is 9.47 Å². The largest absolute Gasteiger partial charge is 0.493 e. The van der Waals surface area contributed by atoms with E-state index in [9.17, 15) is 14.0 Å². The van der Waals surface area contributed by atoms with Crippen molar-refractivity contribution in [2.45, 2.75) is 39.3 Å². The molecule has 3 aromatic rings. The van der Waals surface area contributed by atoms with Crippen LogP contribution in [0, 0.1) is 18.2 Å². The first-order valence-electron chi connectivity index (χ1n) is 14.5. The molecule has 2 fully saturated rings. The lowest BCUT2D eigenvalue weighted by atomic mass is 9.77. The van der Waals surface area contributed by atoms with Crippen LogP contribution in [0.3, 0.4) is 0 Å². The van der Waals surface area contributed by atoms with Gasteiger partial charge in [-0.25, -0.2) is 9.18 Å². The lowest BCUT2D eigenvalue weighted by molar-refractivity contribution is -0.128. The van der Waals surface area contributed by atoms with Crippen molar-refractivity contribution in [1.82, 2.24) is 9.80 Å². The highest BCUT2D eigenvalue weighted by atomic mass is 19.1. The summed E-state index contributed by atoms with van der Waals surface area (Å²) in [6, 6.07) is 17.7. The van der Waals surface area contributed by atoms with Crippen LogP contribution in [0.15, 0.2) is 60.7 Å². The number of piperidine rings is 1. The number of esters is 1. The molecule has 0 bridgehead atoms. The maximum Gasteiger partial charge on any atom is 0.337 e. The summed E-state index contributed by atoms with van der Waals surface area (Å²) >= 11 is 0. The number of amides is 1. The molecular weight excluding hydrogens is 535 g/mol. The molecule has 8 heteroatoms. The molecule has 0 radical (unpaired) electrons. The van der Waals surface area contributed by atoms with E-state index >= 15 is 0 Å². The van der Waals surface area contributed by atoms with Gasteiger partial charge in [-0.2, -0.15) is 0 Å². The molecule has 3 aromatic carbocycles. The van der Waals surface area contributed by atoms with E-state index in [-0.39, 0.29) is 29.7 Å². The van der Waals surface area contributed by atoms with Gasteiger partial charge in [-0.05, 0) is 91.4 Å². The van der Waals surface area contributed by atoms with Gasteiger partial charge in [0, 0.05) is 26.1 Å². The molecule has 0 N–H and O–H groups in total. The van der Waals surface area contributed by atoms with Gasteiger partial charge in [-0.3, -0.25) is 9.69 Å². The van der Waals surface area contributed by atoms with Crippen LogP contribution in [0.25, 0.3) is 11.1 Å². The molecule has 2 saturated heterocycles. The summed E-state index contributed by atoms with van der Waals surface area (Å²) in [7, 11) is 1.36. The summed E-state index contributed by atoms with van der Waals surface area (Å²) in [4.78, 5) is 29.1. The van der Waals surface area contributed by atoms with Crippen molar-refractivity contribution >= 4 is 11.9 Å². The summed E-state index contributed by atoms with van der Waals surface area (Å²) in [5.41, 5.74) is 4.19. The van der Waals surface area contributed by atoms with E-state index < -0.39 is 0 Å². The first-order valence-corrected chi connectivity index (χ1v) is 14.5. The van der Waals surface area contributed by atoms with Crippen LogP contribution in [0.2, 0.25) is 0 Å². The molecule has 220 valence electrons. The fraction of sp³-hybridized carbons (Fsp3) is 0.382. The Morgan fingerprint density at radius 1 is 0.952 bits per heavy atom. The second kappa shape index (κ2) is 12.9. The van der Waals surface area contributed by atoms with Crippen LogP contribution in [0.4, 0.5) is 4.39 Å². The maximum absolute atomic E-state index is 13.6. The second-order valence-corrected chi connectivity index (χ2v) is 11.1. The van der Waals surface area contributed by atoms with Gasteiger partial charge in [0.15, 0.2) is 0 Å². The Balaban J connectivity index is 1.24. The van der Waals surface area contributed by atoms with Gasteiger partial charge in [0.05, 0.1) is 24.8 Å². The molecule has 0 aliphatic carbocycles. The van der Waals surface area contributed by atoms with E-state index in [1.165, 1.54) is 19.2 Å². The number of methoxy groups -OCH3 is 1. The van der Waals surface area contributed by atoms with Crippen LogP contribution >= 0.6 is 0 Å². The molecule has 2 aliphatic heterocycles. The summed E-state index contributed by atoms with van der Waals surface area (Å²) in [6.45, 7) is 10.4.